The molecule has 41 heavy (non-hydrogen) atoms. The van der Waals surface area contributed by atoms with Gasteiger partial charge in [-0.1, -0.05) is 34.6 Å². The van der Waals surface area contributed by atoms with Crippen LogP contribution in [0.5, 0.6) is 0 Å². The first kappa shape index (κ1) is 28.4. The molecule has 0 aromatic carbocycles. The maximum absolute atomic E-state index is 14.0. The monoisotopic (exact) mass is 570 g/mol. The SMILES string of the molecule is CC(=O)O[C@H]1C[C@@H](OC(C)=O)C(C)(C)[C@@H]2C[C@@H](OC(C)=O)[C@]3(C)[C@H](CC[C@]4(C)[C@H](c5ccoc5)C(=O)[C@H]5O[C@@]534)[C@@]12C. The van der Waals surface area contributed by atoms with E-state index in [1.807, 2.05) is 6.07 Å². The number of esters is 3. The van der Waals surface area contributed by atoms with E-state index in [-0.39, 0.29) is 29.5 Å². The molecule has 1 aromatic heterocycles. The summed E-state index contributed by atoms with van der Waals surface area (Å²) in [6.45, 7) is 14.9. The van der Waals surface area contributed by atoms with Crippen molar-refractivity contribution in [3.05, 3.63) is 24.2 Å². The quantitative estimate of drug-likeness (QED) is 0.287. The van der Waals surface area contributed by atoms with Gasteiger partial charge in [-0.2, -0.15) is 0 Å². The van der Waals surface area contributed by atoms with Crippen LogP contribution in [-0.2, 0) is 38.1 Å². The van der Waals surface area contributed by atoms with Gasteiger partial charge in [-0.15, -0.1) is 0 Å². The van der Waals surface area contributed by atoms with E-state index >= 15 is 0 Å². The highest BCUT2D eigenvalue weighted by atomic mass is 16.6. The van der Waals surface area contributed by atoms with Gasteiger partial charge in [0.25, 0.3) is 0 Å². The van der Waals surface area contributed by atoms with Crippen molar-refractivity contribution in [2.75, 3.05) is 0 Å². The zero-order chi connectivity index (χ0) is 29.9. The van der Waals surface area contributed by atoms with E-state index in [1.54, 1.807) is 12.5 Å². The van der Waals surface area contributed by atoms with E-state index in [4.69, 9.17) is 23.4 Å². The van der Waals surface area contributed by atoms with Gasteiger partial charge in [-0.05, 0) is 37.2 Å². The first-order chi connectivity index (χ1) is 19.1. The third kappa shape index (κ3) is 3.38. The molecular weight excluding hydrogens is 528 g/mol. The Morgan fingerprint density at radius 2 is 1.46 bits per heavy atom. The fourth-order valence-corrected chi connectivity index (χ4v) is 10.9. The molecular formula is C32H42O9. The molecule has 5 aliphatic rings. The second kappa shape index (κ2) is 8.68. The Kier molecular flexibility index (Phi) is 6.02. The zero-order valence-corrected chi connectivity index (χ0v) is 25.3. The lowest BCUT2D eigenvalue weighted by molar-refractivity contribution is -0.289. The largest absolute Gasteiger partial charge is 0.472 e. The summed E-state index contributed by atoms with van der Waals surface area (Å²) in [4.78, 5) is 51.3. The van der Waals surface area contributed by atoms with E-state index in [1.165, 1.54) is 20.8 Å². The van der Waals surface area contributed by atoms with Gasteiger partial charge >= 0.3 is 17.9 Å². The molecule has 11 atom stereocenters. The lowest BCUT2D eigenvalue weighted by Crippen LogP contribution is -2.74. The Balaban J connectivity index is 1.53. The number of ether oxygens (including phenoxy) is 4. The Morgan fingerprint density at radius 1 is 0.854 bits per heavy atom. The topological polar surface area (TPSA) is 122 Å². The molecule has 1 saturated heterocycles. The fraction of sp³-hybridized carbons (Fsp3) is 0.750. The van der Waals surface area contributed by atoms with Crippen molar-refractivity contribution in [3.8, 4) is 0 Å². The van der Waals surface area contributed by atoms with E-state index in [9.17, 15) is 19.2 Å². The minimum Gasteiger partial charge on any atom is -0.472 e. The number of fused-ring (bicyclic) bond motifs is 3. The standard InChI is InChI=1S/C32H42O9/c1-16(33)38-22-14-23(39-17(2)34)30(7)20-9-11-29(6)25(19-10-12-37-15-19)26(36)27-32(29,41-27)31(20,8)24(40-18(3)35)13-21(30)28(22,4)5/h10,12,15,20-25,27H,9,11,13-14H2,1-8H3/t20-,21+,22-,23+,24-,25-,27-,29-,30-,31+,32-/m1/s1. The van der Waals surface area contributed by atoms with Crippen LogP contribution in [0, 0.1) is 33.5 Å². The molecule has 0 unspecified atom stereocenters. The molecule has 6 rings (SSSR count). The third-order valence-electron chi connectivity index (χ3n) is 12.4. The molecule has 1 aliphatic heterocycles. The first-order valence-electron chi connectivity index (χ1n) is 14.8. The molecule has 2 heterocycles. The number of hydrogen-bond acceptors (Lipinski definition) is 9. The Morgan fingerprint density at radius 3 is 2.05 bits per heavy atom. The molecule has 0 N–H and O–H groups in total. The Hall–Kier alpha value is -2.68. The molecule has 0 amide bonds. The first-order valence-corrected chi connectivity index (χ1v) is 14.8. The molecule has 4 saturated carbocycles. The summed E-state index contributed by atoms with van der Waals surface area (Å²) in [7, 11) is 0. The van der Waals surface area contributed by atoms with Gasteiger partial charge in [0.15, 0.2) is 5.78 Å². The van der Waals surface area contributed by atoms with Crippen molar-refractivity contribution in [1.82, 2.24) is 0 Å². The normalized spacial score (nSPS) is 47.2. The second-order valence-electron chi connectivity index (χ2n) is 14.4. The number of epoxide rings is 1. The van der Waals surface area contributed by atoms with Crippen molar-refractivity contribution in [2.24, 2.45) is 33.5 Å². The van der Waals surface area contributed by atoms with E-state index < -0.39 is 63.6 Å². The average molecular weight is 571 g/mol. The number of carbonyl (C=O) groups is 4. The highest BCUT2D eigenvalue weighted by Gasteiger charge is 2.90. The van der Waals surface area contributed by atoms with Crippen molar-refractivity contribution >= 4 is 23.7 Å². The second-order valence-corrected chi connectivity index (χ2v) is 14.4. The summed E-state index contributed by atoms with van der Waals surface area (Å²) in [5.74, 6) is -1.76. The zero-order valence-electron chi connectivity index (χ0n) is 25.3. The number of hydrogen-bond donors (Lipinski definition) is 0. The smallest absolute Gasteiger partial charge is 0.302 e. The van der Waals surface area contributed by atoms with Crippen LogP contribution in [0.15, 0.2) is 23.0 Å². The van der Waals surface area contributed by atoms with Crippen LogP contribution in [0.25, 0.3) is 0 Å². The summed E-state index contributed by atoms with van der Waals surface area (Å²) >= 11 is 0. The summed E-state index contributed by atoms with van der Waals surface area (Å²) in [6, 6.07) is 1.86. The van der Waals surface area contributed by atoms with Crippen LogP contribution in [0.3, 0.4) is 0 Å². The van der Waals surface area contributed by atoms with Gasteiger partial charge in [0, 0.05) is 54.4 Å². The summed E-state index contributed by atoms with van der Waals surface area (Å²) < 4.78 is 30.2. The Labute approximate surface area is 241 Å². The molecule has 0 radical (unpaired) electrons. The maximum atomic E-state index is 14.0. The van der Waals surface area contributed by atoms with Crippen LogP contribution in [0.1, 0.15) is 92.6 Å². The molecule has 1 spiro atoms. The average Bonchev–Trinajstić information content (AvgIpc) is 3.34. The van der Waals surface area contributed by atoms with Crippen LogP contribution in [-0.4, -0.2) is 53.7 Å². The molecule has 4 aliphatic carbocycles. The fourth-order valence-electron chi connectivity index (χ4n) is 10.9. The van der Waals surface area contributed by atoms with E-state index in [0.29, 0.717) is 19.3 Å². The predicted octanol–water partition coefficient (Wildman–Crippen LogP) is 4.76. The van der Waals surface area contributed by atoms with Gasteiger partial charge in [0.1, 0.15) is 30.0 Å². The molecule has 1 aromatic rings. The van der Waals surface area contributed by atoms with Crippen LogP contribution >= 0.6 is 0 Å². The Bertz CT molecular complexity index is 1300. The number of Topliss-reactive ketones (excluding diaryl/α,β-unsaturated/α-hetero) is 1. The van der Waals surface area contributed by atoms with Gasteiger partial charge in [0.05, 0.1) is 18.4 Å². The van der Waals surface area contributed by atoms with Crippen molar-refractivity contribution in [1.29, 1.82) is 0 Å². The summed E-state index contributed by atoms with van der Waals surface area (Å²) in [6.07, 6.45) is 3.32. The third-order valence-corrected chi connectivity index (χ3v) is 12.4. The van der Waals surface area contributed by atoms with Gasteiger partial charge in [-0.25, -0.2) is 0 Å². The van der Waals surface area contributed by atoms with Crippen molar-refractivity contribution in [2.45, 2.75) is 117 Å². The highest BCUT2D eigenvalue weighted by molar-refractivity contribution is 5.98. The summed E-state index contributed by atoms with van der Waals surface area (Å²) in [5, 5.41) is 0. The molecule has 0 bridgehead atoms. The van der Waals surface area contributed by atoms with Crippen LogP contribution < -0.4 is 0 Å². The van der Waals surface area contributed by atoms with Gasteiger partial charge in [-0.3, -0.25) is 19.2 Å². The lowest BCUT2D eigenvalue weighted by atomic mass is 9.35. The number of rotatable bonds is 4. The van der Waals surface area contributed by atoms with Crippen molar-refractivity contribution in [3.63, 3.8) is 0 Å². The minimum atomic E-state index is -0.853. The van der Waals surface area contributed by atoms with Gasteiger partial charge in [0.2, 0.25) is 0 Å². The summed E-state index contributed by atoms with van der Waals surface area (Å²) in [5.41, 5.74) is -2.39. The lowest BCUT2D eigenvalue weighted by Gasteiger charge is -2.70. The molecule has 5 fully saturated rings. The highest BCUT2D eigenvalue weighted by Crippen LogP contribution is 2.82. The number of carbonyl (C=O) groups excluding carboxylic acids is 4. The predicted molar refractivity (Wildman–Crippen MR) is 144 cm³/mol. The van der Waals surface area contributed by atoms with Crippen molar-refractivity contribution < 1.29 is 42.5 Å². The number of ketones is 1. The minimum absolute atomic E-state index is 0.0417. The van der Waals surface area contributed by atoms with Gasteiger partial charge < -0.3 is 23.4 Å². The van der Waals surface area contributed by atoms with E-state index in [0.717, 1.165) is 12.0 Å². The van der Waals surface area contributed by atoms with Crippen LogP contribution in [0.4, 0.5) is 0 Å². The molecule has 224 valence electrons. The molecule has 9 nitrogen and oxygen atoms in total. The number of furan rings is 1. The molecule has 9 heteroatoms. The maximum Gasteiger partial charge on any atom is 0.302 e. The van der Waals surface area contributed by atoms with Crippen LogP contribution in [0.2, 0.25) is 0 Å². The van der Waals surface area contributed by atoms with E-state index in [2.05, 4.69) is 34.6 Å².